The van der Waals surface area contributed by atoms with Gasteiger partial charge in [-0.1, -0.05) is 13.3 Å². The van der Waals surface area contributed by atoms with Crippen LogP contribution in [0.2, 0.25) is 0 Å². The second-order valence-electron chi connectivity index (χ2n) is 4.45. The van der Waals surface area contributed by atoms with Gasteiger partial charge in [0.15, 0.2) is 0 Å². The minimum Gasteiger partial charge on any atom is -0.350 e. The van der Waals surface area contributed by atoms with Gasteiger partial charge in [-0.2, -0.15) is 13.2 Å². The molecule has 20 heavy (non-hydrogen) atoms. The number of carbonyl (C=O) groups is 1. The van der Waals surface area contributed by atoms with Crippen molar-refractivity contribution in [3.63, 3.8) is 0 Å². The molecular weight excluding hydrogens is 276 g/mol. The number of rotatable bonds is 5. The van der Waals surface area contributed by atoms with Gasteiger partial charge in [-0.25, -0.2) is 4.39 Å². The molecule has 0 aliphatic heterocycles. The number of hydrogen-bond donors (Lipinski definition) is 2. The molecule has 0 aliphatic rings. The van der Waals surface area contributed by atoms with Crippen LogP contribution in [0.5, 0.6) is 0 Å². The van der Waals surface area contributed by atoms with E-state index in [4.69, 9.17) is 5.73 Å². The summed E-state index contributed by atoms with van der Waals surface area (Å²) in [5.41, 5.74) is 3.98. The Morgan fingerprint density at radius 3 is 2.60 bits per heavy atom. The molecule has 7 heteroatoms. The average molecular weight is 292 g/mol. The number of nitrogens with one attached hydrogen (secondary N) is 1. The highest BCUT2D eigenvalue weighted by Gasteiger charge is 2.34. The van der Waals surface area contributed by atoms with Crippen molar-refractivity contribution in [1.82, 2.24) is 5.32 Å². The van der Waals surface area contributed by atoms with Gasteiger partial charge in [0.25, 0.3) is 5.91 Å². The molecule has 1 atom stereocenters. The molecule has 0 saturated heterocycles. The lowest BCUT2D eigenvalue weighted by Crippen LogP contribution is -2.37. The highest BCUT2D eigenvalue weighted by atomic mass is 19.4. The monoisotopic (exact) mass is 292 g/mol. The van der Waals surface area contributed by atoms with Crippen molar-refractivity contribution in [3.8, 4) is 0 Å². The summed E-state index contributed by atoms with van der Waals surface area (Å²) < 4.78 is 50.6. The number of alkyl halides is 3. The predicted molar refractivity (Wildman–Crippen MR) is 66.6 cm³/mol. The quantitative estimate of drug-likeness (QED) is 0.820. The van der Waals surface area contributed by atoms with Crippen LogP contribution >= 0.6 is 0 Å². The normalized spacial score (nSPS) is 13.1. The molecule has 0 saturated carbocycles. The van der Waals surface area contributed by atoms with Gasteiger partial charge in [0.1, 0.15) is 5.82 Å². The van der Waals surface area contributed by atoms with Crippen molar-refractivity contribution < 1.29 is 22.4 Å². The highest BCUT2D eigenvalue weighted by molar-refractivity contribution is 5.94. The Balaban J connectivity index is 2.79. The van der Waals surface area contributed by atoms with Crippen LogP contribution in [-0.2, 0) is 6.18 Å². The molecule has 1 amide bonds. The van der Waals surface area contributed by atoms with Gasteiger partial charge in [-0.3, -0.25) is 4.79 Å². The molecule has 3 N–H and O–H groups in total. The Bertz CT molecular complexity index is 474. The summed E-state index contributed by atoms with van der Waals surface area (Å²) >= 11 is 0. The van der Waals surface area contributed by atoms with Crippen molar-refractivity contribution in [3.05, 3.63) is 35.1 Å². The predicted octanol–water partition coefficient (Wildman–Crippen LogP) is 2.70. The van der Waals surface area contributed by atoms with Gasteiger partial charge in [0.05, 0.1) is 5.56 Å². The first kappa shape index (κ1) is 16.4. The van der Waals surface area contributed by atoms with Crippen LogP contribution in [-0.4, -0.2) is 18.5 Å². The highest BCUT2D eigenvalue weighted by Crippen LogP contribution is 2.31. The van der Waals surface area contributed by atoms with Crippen LogP contribution in [0, 0.1) is 5.82 Å². The molecule has 0 spiro atoms. The van der Waals surface area contributed by atoms with E-state index in [0.717, 1.165) is 12.5 Å². The number of carbonyl (C=O) groups excluding carboxylic acids is 1. The topological polar surface area (TPSA) is 55.1 Å². The molecule has 3 nitrogen and oxygen atoms in total. The fourth-order valence-corrected chi connectivity index (χ4v) is 1.68. The maximum absolute atomic E-state index is 13.1. The average Bonchev–Trinajstić information content (AvgIpc) is 2.35. The number of nitrogens with two attached hydrogens (primary N) is 1. The second-order valence-corrected chi connectivity index (χ2v) is 4.45. The van der Waals surface area contributed by atoms with Crippen molar-refractivity contribution >= 4 is 5.91 Å². The van der Waals surface area contributed by atoms with E-state index < -0.39 is 23.5 Å². The third-order valence-electron chi connectivity index (χ3n) is 2.72. The third-order valence-corrected chi connectivity index (χ3v) is 2.72. The lowest BCUT2D eigenvalue weighted by molar-refractivity contribution is -0.140. The zero-order chi connectivity index (χ0) is 15.3. The molecule has 1 aromatic carbocycles. The summed E-state index contributed by atoms with van der Waals surface area (Å²) in [6.07, 6.45) is -3.30. The molecule has 0 aliphatic carbocycles. The lowest BCUT2D eigenvalue weighted by atomic mass is 10.1. The Hall–Kier alpha value is -1.63. The number of halogens is 4. The fourth-order valence-electron chi connectivity index (χ4n) is 1.68. The SMILES string of the molecule is CCCC(N)CNC(=O)c1ccc(F)c(C(F)(F)F)c1. The van der Waals surface area contributed by atoms with Gasteiger partial charge in [0, 0.05) is 18.2 Å². The van der Waals surface area contributed by atoms with Gasteiger partial charge in [-0.05, 0) is 24.6 Å². The van der Waals surface area contributed by atoms with Crippen LogP contribution in [0.1, 0.15) is 35.7 Å². The molecule has 1 aromatic rings. The fraction of sp³-hybridized carbons (Fsp3) is 0.462. The molecule has 0 heterocycles. The zero-order valence-corrected chi connectivity index (χ0v) is 10.9. The van der Waals surface area contributed by atoms with Crippen molar-refractivity contribution in [2.24, 2.45) is 5.73 Å². The van der Waals surface area contributed by atoms with Crippen LogP contribution in [0.15, 0.2) is 18.2 Å². The molecule has 1 unspecified atom stereocenters. The van der Waals surface area contributed by atoms with Crippen LogP contribution < -0.4 is 11.1 Å². The zero-order valence-electron chi connectivity index (χ0n) is 10.9. The van der Waals surface area contributed by atoms with Crippen molar-refractivity contribution in [1.29, 1.82) is 0 Å². The van der Waals surface area contributed by atoms with E-state index in [1.165, 1.54) is 0 Å². The Morgan fingerprint density at radius 2 is 2.05 bits per heavy atom. The van der Waals surface area contributed by atoms with Crippen LogP contribution in [0.3, 0.4) is 0 Å². The molecule has 0 aromatic heterocycles. The van der Waals surface area contributed by atoms with Crippen molar-refractivity contribution in [2.45, 2.75) is 32.0 Å². The van der Waals surface area contributed by atoms with E-state index in [9.17, 15) is 22.4 Å². The Labute approximate surface area is 114 Å². The van der Waals surface area contributed by atoms with Crippen LogP contribution in [0.4, 0.5) is 17.6 Å². The number of hydrogen-bond acceptors (Lipinski definition) is 2. The van der Waals surface area contributed by atoms with Gasteiger partial charge < -0.3 is 11.1 Å². The summed E-state index contributed by atoms with van der Waals surface area (Å²) in [6, 6.07) is 1.87. The summed E-state index contributed by atoms with van der Waals surface area (Å²) in [7, 11) is 0. The summed E-state index contributed by atoms with van der Waals surface area (Å²) in [4.78, 5) is 11.7. The molecule has 112 valence electrons. The van der Waals surface area contributed by atoms with E-state index in [-0.39, 0.29) is 18.2 Å². The first-order valence-corrected chi connectivity index (χ1v) is 6.16. The third kappa shape index (κ3) is 4.48. The van der Waals surface area contributed by atoms with E-state index in [1.807, 2.05) is 6.92 Å². The lowest BCUT2D eigenvalue weighted by Gasteiger charge is -2.13. The van der Waals surface area contributed by atoms with Gasteiger partial charge >= 0.3 is 6.18 Å². The number of amides is 1. The van der Waals surface area contributed by atoms with Crippen molar-refractivity contribution in [2.75, 3.05) is 6.54 Å². The smallest absolute Gasteiger partial charge is 0.350 e. The van der Waals surface area contributed by atoms with Gasteiger partial charge in [0.2, 0.25) is 0 Å². The van der Waals surface area contributed by atoms with Gasteiger partial charge in [-0.15, -0.1) is 0 Å². The second kappa shape index (κ2) is 6.69. The number of benzene rings is 1. The molecular formula is C13H16F4N2O. The Kier molecular flexibility index (Phi) is 5.50. The largest absolute Gasteiger partial charge is 0.419 e. The summed E-state index contributed by atoms with van der Waals surface area (Å²) in [5, 5.41) is 2.43. The van der Waals surface area contributed by atoms with E-state index in [0.29, 0.717) is 18.6 Å². The summed E-state index contributed by atoms with van der Waals surface area (Å²) in [5.74, 6) is -2.11. The minimum atomic E-state index is -4.83. The molecule has 1 rings (SSSR count). The maximum Gasteiger partial charge on any atom is 0.419 e. The standard InChI is InChI=1S/C13H16F4N2O/c1-2-3-9(18)7-19-12(20)8-4-5-11(14)10(6-8)13(15,16)17/h4-6,9H,2-3,7,18H2,1H3,(H,19,20). The summed E-state index contributed by atoms with van der Waals surface area (Å²) in [6.45, 7) is 2.09. The molecule has 0 fully saturated rings. The van der Waals surface area contributed by atoms with E-state index in [1.54, 1.807) is 0 Å². The van der Waals surface area contributed by atoms with E-state index >= 15 is 0 Å². The molecule has 0 bridgehead atoms. The minimum absolute atomic E-state index is 0.158. The maximum atomic E-state index is 13.1. The first-order valence-electron chi connectivity index (χ1n) is 6.16. The first-order chi connectivity index (χ1) is 9.25. The Morgan fingerprint density at radius 1 is 1.40 bits per heavy atom. The van der Waals surface area contributed by atoms with Crippen LogP contribution in [0.25, 0.3) is 0 Å². The molecule has 0 radical (unpaired) electrons. The van der Waals surface area contributed by atoms with E-state index in [2.05, 4.69) is 5.32 Å².